The molecule has 0 aliphatic carbocycles. The van der Waals surface area contributed by atoms with Gasteiger partial charge >= 0.3 is 0 Å². The van der Waals surface area contributed by atoms with Crippen LogP contribution in [-0.4, -0.2) is 29.6 Å². The van der Waals surface area contributed by atoms with Gasteiger partial charge in [0.25, 0.3) is 0 Å². The largest absolute Gasteiger partial charge is 0.370 e. The normalized spacial score (nSPS) is 15.5. The Morgan fingerprint density at radius 1 is 1.13 bits per heavy atom. The summed E-state index contributed by atoms with van der Waals surface area (Å²) in [5.74, 6) is 2.52. The molecule has 23 heavy (non-hydrogen) atoms. The molecule has 1 fully saturated rings. The van der Waals surface area contributed by atoms with Gasteiger partial charge in [-0.15, -0.1) is 0 Å². The van der Waals surface area contributed by atoms with Crippen LogP contribution < -0.4 is 10.6 Å². The Morgan fingerprint density at radius 2 is 1.91 bits per heavy atom. The Kier molecular flexibility index (Phi) is 5.59. The number of hydrogen-bond donors (Lipinski definition) is 2. The highest BCUT2D eigenvalue weighted by molar-refractivity contribution is 5.57. The van der Waals surface area contributed by atoms with Crippen molar-refractivity contribution in [3.8, 4) is 11.4 Å². The van der Waals surface area contributed by atoms with Gasteiger partial charge < -0.3 is 10.6 Å². The summed E-state index contributed by atoms with van der Waals surface area (Å²) >= 11 is 0. The van der Waals surface area contributed by atoms with Crippen molar-refractivity contribution in [1.29, 1.82) is 0 Å². The minimum absolute atomic E-state index is 0.737. The lowest BCUT2D eigenvalue weighted by atomic mass is 9.98. The first-order valence-corrected chi connectivity index (χ1v) is 8.73. The summed E-state index contributed by atoms with van der Waals surface area (Å²) in [7, 11) is 0. The van der Waals surface area contributed by atoms with Crippen molar-refractivity contribution in [3.05, 3.63) is 42.1 Å². The molecule has 4 heteroatoms. The maximum absolute atomic E-state index is 4.73. The number of rotatable bonds is 6. The number of benzene rings is 1. The molecule has 1 aliphatic heterocycles. The van der Waals surface area contributed by atoms with Crippen molar-refractivity contribution < 1.29 is 0 Å². The van der Waals surface area contributed by atoms with Crippen LogP contribution in [0.5, 0.6) is 0 Å². The van der Waals surface area contributed by atoms with Gasteiger partial charge in [0.2, 0.25) is 0 Å². The summed E-state index contributed by atoms with van der Waals surface area (Å²) in [4.78, 5) is 9.46. The van der Waals surface area contributed by atoms with Gasteiger partial charge in [-0.05, 0) is 38.3 Å². The smallest absolute Gasteiger partial charge is 0.161 e. The maximum atomic E-state index is 4.73. The number of anilines is 1. The SMILES string of the molecule is CCCc1cc(NCC2CCNCC2)nc(-c2ccccc2)n1. The Morgan fingerprint density at radius 3 is 2.65 bits per heavy atom. The molecule has 4 nitrogen and oxygen atoms in total. The van der Waals surface area contributed by atoms with Gasteiger partial charge in [0.1, 0.15) is 5.82 Å². The standard InChI is InChI=1S/C19H26N4/c1-2-6-17-13-18(21-14-15-9-11-20-12-10-15)23-19(22-17)16-7-4-3-5-8-16/h3-5,7-8,13,15,20H,2,6,9-12,14H2,1H3,(H,21,22,23). The van der Waals surface area contributed by atoms with E-state index in [2.05, 4.69) is 35.8 Å². The van der Waals surface area contributed by atoms with Crippen LogP contribution in [0.25, 0.3) is 11.4 Å². The van der Waals surface area contributed by atoms with E-state index >= 15 is 0 Å². The van der Waals surface area contributed by atoms with Crippen molar-refractivity contribution >= 4 is 5.82 Å². The first-order valence-electron chi connectivity index (χ1n) is 8.73. The van der Waals surface area contributed by atoms with Crippen molar-refractivity contribution in [2.24, 2.45) is 5.92 Å². The van der Waals surface area contributed by atoms with Crippen LogP contribution in [0.1, 0.15) is 31.9 Å². The van der Waals surface area contributed by atoms with E-state index in [4.69, 9.17) is 9.97 Å². The third kappa shape index (κ3) is 4.52. The summed E-state index contributed by atoms with van der Waals surface area (Å²) in [5.41, 5.74) is 2.20. The Bertz CT molecular complexity index is 606. The van der Waals surface area contributed by atoms with E-state index in [1.54, 1.807) is 0 Å². The predicted molar refractivity (Wildman–Crippen MR) is 95.5 cm³/mol. The number of nitrogens with one attached hydrogen (secondary N) is 2. The topological polar surface area (TPSA) is 49.8 Å². The molecular formula is C19H26N4. The molecule has 1 aromatic heterocycles. The van der Waals surface area contributed by atoms with Crippen LogP contribution in [-0.2, 0) is 6.42 Å². The highest BCUT2D eigenvalue weighted by Crippen LogP contribution is 2.19. The maximum Gasteiger partial charge on any atom is 0.161 e. The molecule has 2 N–H and O–H groups in total. The molecule has 0 saturated carbocycles. The minimum Gasteiger partial charge on any atom is -0.370 e. The van der Waals surface area contributed by atoms with E-state index < -0.39 is 0 Å². The molecule has 1 aromatic carbocycles. The third-order valence-corrected chi connectivity index (χ3v) is 4.35. The molecule has 0 amide bonds. The number of hydrogen-bond acceptors (Lipinski definition) is 4. The monoisotopic (exact) mass is 310 g/mol. The van der Waals surface area contributed by atoms with E-state index in [-0.39, 0.29) is 0 Å². The zero-order chi connectivity index (χ0) is 15.9. The highest BCUT2D eigenvalue weighted by atomic mass is 15.0. The summed E-state index contributed by atoms with van der Waals surface area (Å²) in [6.45, 7) is 5.45. The fourth-order valence-electron chi connectivity index (χ4n) is 3.02. The molecule has 122 valence electrons. The molecule has 0 spiro atoms. The Labute approximate surface area is 138 Å². The molecule has 0 unspecified atom stereocenters. The lowest BCUT2D eigenvalue weighted by Crippen LogP contribution is -2.31. The average Bonchev–Trinajstić information content (AvgIpc) is 2.62. The third-order valence-electron chi connectivity index (χ3n) is 4.35. The lowest BCUT2D eigenvalue weighted by molar-refractivity contribution is 0.389. The summed E-state index contributed by atoms with van der Waals surface area (Å²) in [5, 5.41) is 6.96. The Hall–Kier alpha value is -1.94. The Balaban J connectivity index is 1.76. The quantitative estimate of drug-likeness (QED) is 0.857. The average molecular weight is 310 g/mol. The van der Waals surface area contributed by atoms with Crippen LogP contribution in [0.15, 0.2) is 36.4 Å². The number of aromatic nitrogens is 2. The van der Waals surface area contributed by atoms with Gasteiger partial charge in [-0.1, -0.05) is 43.7 Å². The van der Waals surface area contributed by atoms with Crippen molar-refractivity contribution in [1.82, 2.24) is 15.3 Å². The van der Waals surface area contributed by atoms with Gasteiger partial charge in [-0.3, -0.25) is 0 Å². The van der Waals surface area contributed by atoms with Crippen LogP contribution in [0.3, 0.4) is 0 Å². The number of nitrogens with zero attached hydrogens (tertiary/aromatic N) is 2. The van der Waals surface area contributed by atoms with Crippen molar-refractivity contribution in [3.63, 3.8) is 0 Å². The summed E-state index contributed by atoms with van der Waals surface area (Å²) < 4.78 is 0. The molecule has 0 atom stereocenters. The highest BCUT2D eigenvalue weighted by Gasteiger charge is 2.13. The zero-order valence-corrected chi connectivity index (χ0v) is 13.9. The predicted octanol–water partition coefficient (Wildman–Crippen LogP) is 3.51. The molecule has 2 aromatic rings. The van der Waals surface area contributed by atoms with Gasteiger partial charge in [-0.25, -0.2) is 9.97 Å². The van der Waals surface area contributed by atoms with Gasteiger partial charge in [-0.2, -0.15) is 0 Å². The molecule has 1 saturated heterocycles. The first kappa shape index (κ1) is 15.9. The first-order chi connectivity index (χ1) is 11.3. The summed E-state index contributed by atoms with van der Waals surface area (Å²) in [6.07, 6.45) is 4.57. The fraction of sp³-hybridized carbons (Fsp3) is 0.474. The van der Waals surface area contributed by atoms with E-state index in [9.17, 15) is 0 Å². The lowest BCUT2D eigenvalue weighted by Gasteiger charge is -2.23. The second kappa shape index (κ2) is 8.06. The second-order valence-electron chi connectivity index (χ2n) is 6.26. The number of aryl methyl sites for hydroxylation is 1. The molecular weight excluding hydrogens is 284 g/mol. The van der Waals surface area contributed by atoms with Gasteiger partial charge in [0.15, 0.2) is 5.82 Å². The van der Waals surface area contributed by atoms with E-state index in [1.807, 2.05) is 18.2 Å². The van der Waals surface area contributed by atoms with E-state index in [1.165, 1.54) is 12.8 Å². The second-order valence-corrected chi connectivity index (χ2v) is 6.26. The van der Waals surface area contributed by atoms with E-state index in [0.717, 1.165) is 61.3 Å². The summed E-state index contributed by atoms with van der Waals surface area (Å²) in [6, 6.07) is 12.3. The fourth-order valence-corrected chi connectivity index (χ4v) is 3.02. The number of piperidine rings is 1. The molecule has 2 heterocycles. The van der Waals surface area contributed by atoms with Crippen LogP contribution in [0, 0.1) is 5.92 Å². The molecule has 3 rings (SSSR count). The molecule has 0 bridgehead atoms. The van der Waals surface area contributed by atoms with Gasteiger partial charge in [0.05, 0.1) is 0 Å². The van der Waals surface area contributed by atoms with Crippen molar-refractivity contribution in [2.75, 3.05) is 25.0 Å². The van der Waals surface area contributed by atoms with Crippen LogP contribution >= 0.6 is 0 Å². The minimum atomic E-state index is 0.737. The van der Waals surface area contributed by atoms with Crippen LogP contribution in [0.2, 0.25) is 0 Å². The molecule has 1 aliphatic rings. The van der Waals surface area contributed by atoms with Gasteiger partial charge in [0, 0.05) is 23.9 Å². The van der Waals surface area contributed by atoms with Crippen LogP contribution in [0.4, 0.5) is 5.82 Å². The van der Waals surface area contributed by atoms with E-state index in [0.29, 0.717) is 0 Å². The molecule has 0 radical (unpaired) electrons. The zero-order valence-electron chi connectivity index (χ0n) is 13.9. The van der Waals surface area contributed by atoms with Crippen molar-refractivity contribution in [2.45, 2.75) is 32.6 Å².